The normalized spacial score (nSPS) is 54.6. The van der Waals surface area contributed by atoms with Crippen molar-refractivity contribution in [3.05, 3.63) is 24.0 Å². The van der Waals surface area contributed by atoms with Crippen LogP contribution in [-0.4, -0.2) is 112 Å². The first-order valence-corrected chi connectivity index (χ1v) is 17.1. The summed E-state index contributed by atoms with van der Waals surface area (Å²) in [4.78, 5) is 55.2. The van der Waals surface area contributed by atoms with Gasteiger partial charge < -0.3 is 48.5 Å². The van der Waals surface area contributed by atoms with Crippen molar-refractivity contribution in [1.29, 1.82) is 0 Å². The van der Waals surface area contributed by atoms with Crippen molar-refractivity contribution in [2.75, 3.05) is 13.7 Å². The molecule has 0 aromatic carbocycles. The number of methoxy groups -OCH3 is 1. The van der Waals surface area contributed by atoms with E-state index in [1.165, 1.54) is 26.4 Å². The zero-order valence-corrected chi connectivity index (χ0v) is 28.4. The largest absolute Gasteiger partial charge is 0.469 e. The fourth-order valence-corrected chi connectivity index (χ4v) is 12.2. The highest BCUT2D eigenvalue weighted by atomic mass is 16.7. The third kappa shape index (κ3) is 3.53. The highest BCUT2D eigenvalue weighted by Gasteiger charge is 2.95. The molecule has 0 amide bonds. The standard InChI is InChI=1S/C35H44O14/c1-7-15(2)27(40)47-19-13-20(46-16(3)36)33(28(41)43-6)14-45-23-25(33)32(19)9-8-17(37)22(38)24(32)30(4,26(23)39)35-21-12-18(31(35,5)49-35)34(42)10-11-44-29(34)48-21/h7,10-11,17-21,23-26,29,37,39,42H,8-9,12-14H2,1-6H3/t17?,18?,19-,20+,21+,23+,24?,25?,26+,29-,30-,31?,32?,33-,34?,35?/m0/s1. The Morgan fingerprint density at radius 2 is 1.82 bits per heavy atom. The quantitative estimate of drug-likeness (QED) is 0.157. The highest BCUT2D eigenvalue weighted by molar-refractivity contribution is 5.91. The molecule has 268 valence electrons. The van der Waals surface area contributed by atoms with E-state index in [2.05, 4.69) is 0 Å². The Labute approximate surface area is 283 Å². The molecule has 3 N–H and O–H groups in total. The van der Waals surface area contributed by atoms with Gasteiger partial charge in [-0.25, -0.2) is 4.79 Å². The van der Waals surface area contributed by atoms with Gasteiger partial charge >= 0.3 is 17.9 Å². The molecule has 4 heterocycles. The van der Waals surface area contributed by atoms with Gasteiger partial charge in [0.15, 0.2) is 11.4 Å². The SMILES string of the molecule is CC=C(C)C(=O)O[C@H]1C[C@@H](OC(C)=O)[C@@]2(C(=O)OC)CO[C@@H]3C2C12CCC(O)C(=O)C2[C@](C)(C12OC1(C)C1C[C@H]2O[C@@H]2OC=CC12O)[C@@H]3O. The minimum Gasteiger partial charge on any atom is -0.469 e. The topological polar surface area (TPSA) is 197 Å². The van der Waals surface area contributed by atoms with Gasteiger partial charge in [-0.2, -0.15) is 0 Å². The van der Waals surface area contributed by atoms with Gasteiger partial charge in [0, 0.05) is 47.5 Å². The van der Waals surface area contributed by atoms with E-state index in [9.17, 15) is 34.5 Å². The van der Waals surface area contributed by atoms with Gasteiger partial charge in [-0.1, -0.05) is 13.0 Å². The van der Waals surface area contributed by atoms with Crippen molar-refractivity contribution < 1.29 is 67.7 Å². The number of epoxide rings is 1. The average Bonchev–Trinajstić information content (AvgIpc) is 3.32. The number of esters is 3. The number of Topliss-reactive ketones (excluding diaryl/α,β-unsaturated/α-hetero) is 1. The Balaban J connectivity index is 1.37. The molecule has 14 nitrogen and oxygen atoms in total. The van der Waals surface area contributed by atoms with E-state index in [0.29, 0.717) is 12.0 Å². The Morgan fingerprint density at radius 1 is 1.08 bits per heavy atom. The second-order valence-corrected chi connectivity index (χ2v) is 15.7. The van der Waals surface area contributed by atoms with Crippen molar-refractivity contribution in [2.24, 2.45) is 34.0 Å². The maximum atomic E-state index is 14.9. The zero-order chi connectivity index (χ0) is 35.3. The predicted molar refractivity (Wildman–Crippen MR) is 162 cm³/mol. The molecule has 0 radical (unpaired) electrons. The summed E-state index contributed by atoms with van der Waals surface area (Å²) in [6, 6.07) is 0. The van der Waals surface area contributed by atoms with Crippen LogP contribution in [0.3, 0.4) is 0 Å². The third-order valence-electron chi connectivity index (χ3n) is 14.2. The molecule has 14 heteroatoms. The molecule has 3 saturated heterocycles. The monoisotopic (exact) mass is 688 g/mol. The predicted octanol–water partition coefficient (Wildman–Crippen LogP) is 0.629. The van der Waals surface area contributed by atoms with Gasteiger partial charge in [0.05, 0.1) is 38.3 Å². The summed E-state index contributed by atoms with van der Waals surface area (Å²) >= 11 is 0. The molecule has 0 aromatic rings. The summed E-state index contributed by atoms with van der Waals surface area (Å²) in [6.07, 6.45) is -3.52. The maximum Gasteiger partial charge on any atom is 0.333 e. The molecule has 7 fully saturated rings. The van der Waals surface area contributed by atoms with E-state index in [0.717, 1.165) is 0 Å². The van der Waals surface area contributed by atoms with Crippen molar-refractivity contribution in [1.82, 2.24) is 0 Å². The van der Waals surface area contributed by atoms with Crippen LogP contribution in [0.5, 0.6) is 0 Å². The van der Waals surface area contributed by atoms with Crippen LogP contribution in [0.2, 0.25) is 0 Å². The second-order valence-electron chi connectivity index (χ2n) is 15.7. The van der Waals surface area contributed by atoms with Gasteiger partial charge in [-0.15, -0.1) is 0 Å². The number of aliphatic hydroxyl groups is 3. The van der Waals surface area contributed by atoms with Crippen LogP contribution in [0.4, 0.5) is 0 Å². The molecule has 8 rings (SSSR count). The van der Waals surface area contributed by atoms with Crippen molar-refractivity contribution in [2.45, 2.75) is 120 Å². The first-order valence-electron chi connectivity index (χ1n) is 17.1. The first kappa shape index (κ1) is 33.3. The number of hydrogen-bond acceptors (Lipinski definition) is 14. The minimum absolute atomic E-state index is 0.0228. The van der Waals surface area contributed by atoms with Crippen LogP contribution in [0.1, 0.15) is 60.3 Å². The summed E-state index contributed by atoms with van der Waals surface area (Å²) in [5.41, 5.74) is -8.51. The number of aliphatic hydroxyl groups excluding tert-OH is 2. The number of allylic oxidation sites excluding steroid dienone is 1. The summed E-state index contributed by atoms with van der Waals surface area (Å²) in [5.74, 6) is -5.60. The van der Waals surface area contributed by atoms with E-state index in [-0.39, 0.29) is 25.9 Å². The van der Waals surface area contributed by atoms with E-state index < -0.39 is 117 Å². The van der Waals surface area contributed by atoms with Crippen LogP contribution >= 0.6 is 0 Å². The summed E-state index contributed by atoms with van der Waals surface area (Å²) in [5, 5.41) is 36.0. The van der Waals surface area contributed by atoms with Crippen LogP contribution in [0.25, 0.3) is 0 Å². The van der Waals surface area contributed by atoms with Crippen LogP contribution in [-0.2, 0) is 52.3 Å². The summed E-state index contributed by atoms with van der Waals surface area (Å²) < 4.78 is 42.8. The first-order chi connectivity index (χ1) is 23.1. The number of ether oxygens (including phenoxy) is 7. The molecule has 16 atom stereocenters. The van der Waals surface area contributed by atoms with Gasteiger partial charge in [-0.05, 0) is 46.1 Å². The van der Waals surface area contributed by atoms with Crippen molar-refractivity contribution in [3.8, 4) is 0 Å². The Morgan fingerprint density at radius 3 is 2.49 bits per heavy atom. The lowest BCUT2D eigenvalue weighted by Gasteiger charge is -2.68. The summed E-state index contributed by atoms with van der Waals surface area (Å²) in [7, 11) is 1.21. The number of hydrogen-bond donors (Lipinski definition) is 3. The Kier molecular flexibility index (Phi) is 6.88. The number of fused-ring (bicyclic) bond motifs is 7. The average molecular weight is 689 g/mol. The molecular formula is C35H44O14. The van der Waals surface area contributed by atoms with Crippen LogP contribution in [0, 0.1) is 34.0 Å². The highest BCUT2D eigenvalue weighted by Crippen LogP contribution is 2.82. The molecule has 1 spiro atoms. The fourth-order valence-electron chi connectivity index (χ4n) is 12.2. The minimum atomic E-state index is -1.69. The molecular weight excluding hydrogens is 644 g/mol. The van der Waals surface area contributed by atoms with Crippen molar-refractivity contribution in [3.63, 3.8) is 0 Å². The van der Waals surface area contributed by atoms with Gasteiger partial charge in [0.25, 0.3) is 0 Å². The number of carbonyl (C=O) groups is 4. The maximum absolute atomic E-state index is 14.9. The lowest BCUT2D eigenvalue weighted by atomic mass is 9.35. The molecule has 8 unspecified atom stereocenters. The van der Waals surface area contributed by atoms with Gasteiger partial charge in [0.2, 0.25) is 6.29 Å². The van der Waals surface area contributed by atoms with Gasteiger partial charge in [0.1, 0.15) is 34.9 Å². The fraction of sp³-hybridized carbons (Fsp3) is 0.771. The van der Waals surface area contributed by atoms with E-state index in [1.807, 2.05) is 6.92 Å². The third-order valence-corrected chi connectivity index (χ3v) is 14.2. The molecule has 4 saturated carbocycles. The smallest absolute Gasteiger partial charge is 0.333 e. The Bertz CT molecular complexity index is 1590. The van der Waals surface area contributed by atoms with Crippen LogP contribution in [0.15, 0.2) is 24.0 Å². The molecule has 2 bridgehead atoms. The zero-order valence-electron chi connectivity index (χ0n) is 28.4. The van der Waals surface area contributed by atoms with Crippen molar-refractivity contribution >= 4 is 23.7 Å². The number of ketones is 1. The Hall–Kier alpha value is -2.88. The molecule has 8 aliphatic rings. The van der Waals surface area contributed by atoms with E-state index in [1.54, 1.807) is 26.8 Å². The molecule has 4 aliphatic carbocycles. The van der Waals surface area contributed by atoms with E-state index in [4.69, 9.17) is 33.2 Å². The second kappa shape index (κ2) is 10.1. The lowest BCUT2D eigenvalue weighted by Crippen LogP contribution is -2.79. The number of rotatable bonds is 5. The molecule has 0 aromatic heterocycles. The number of carbonyl (C=O) groups excluding carboxylic acids is 4. The van der Waals surface area contributed by atoms with Gasteiger partial charge in [-0.3, -0.25) is 14.4 Å². The van der Waals surface area contributed by atoms with Crippen LogP contribution < -0.4 is 0 Å². The summed E-state index contributed by atoms with van der Waals surface area (Å²) in [6.45, 7) is 7.71. The molecule has 49 heavy (non-hydrogen) atoms. The van der Waals surface area contributed by atoms with E-state index >= 15 is 0 Å². The molecule has 4 aliphatic heterocycles. The lowest BCUT2D eigenvalue weighted by molar-refractivity contribution is -0.303.